The number of thiophene rings is 1. The van der Waals surface area contributed by atoms with Gasteiger partial charge in [-0.25, -0.2) is 0 Å². The summed E-state index contributed by atoms with van der Waals surface area (Å²) in [7, 11) is 1.78. The van der Waals surface area contributed by atoms with Crippen LogP contribution in [0, 0.1) is 10.1 Å². The molecule has 0 N–H and O–H groups in total. The fourth-order valence-electron chi connectivity index (χ4n) is 1.12. The first-order chi connectivity index (χ1) is 8.08. The monoisotopic (exact) mass is 269 g/mol. The summed E-state index contributed by atoms with van der Waals surface area (Å²) in [5.41, 5.74) is 0.245. The number of amides is 1. The molecule has 0 aliphatic heterocycles. The second-order valence-corrected chi connectivity index (χ2v) is 4.91. The lowest BCUT2D eigenvalue weighted by Gasteiger charge is -1.89. The molecule has 8 heteroatoms. The average molecular weight is 269 g/mol. The Bertz CT molecular complexity index is 638. The number of carbonyl (C=O) groups is 1. The van der Waals surface area contributed by atoms with Crippen molar-refractivity contribution in [2.24, 2.45) is 12.0 Å². The van der Waals surface area contributed by atoms with E-state index in [9.17, 15) is 14.9 Å². The normalized spacial score (nSPS) is 11.7. The fourth-order valence-corrected chi connectivity index (χ4v) is 2.54. The molecule has 2 aromatic rings. The number of nitrogens with zero attached hydrogens (tertiary/aromatic N) is 3. The topological polar surface area (TPSA) is 77.5 Å². The van der Waals surface area contributed by atoms with Crippen LogP contribution in [-0.4, -0.2) is 15.4 Å². The van der Waals surface area contributed by atoms with Crippen LogP contribution in [0.15, 0.2) is 28.0 Å². The minimum Gasteiger partial charge on any atom is -0.327 e. The quantitative estimate of drug-likeness (QED) is 0.616. The van der Waals surface area contributed by atoms with Crippen molar-refractivity contribution in [3.63, 3.8) is 0 Å². The van der Waals surface area contributed by atoms with Gasteiger partial charge in [0, 0.05) is 30.1 Å². The summed E-state index contributed by atoms with van der Waals surface area (Å²) in [6, 6.07) is 1.24. The van der Waals surface area contributed by atoms with Gasteiger partial charge in [0.25, 0.3) is 5.91 Å². The molecule has 88 valence electrons. The SMILES string of the molecule is Cn1ccsc1=NC(=O)c1csc([N+](=O)[O-])c1. The Morgan fingerprint density at radius 2 is 2.29 bits per heavy atom. The predicted molar refractivity (Wildman–Crippen MR) is 64.2 cm³/mol. The molecule has 17 heavy (non-hydrogen) atoms. The van der Waals surface area contributed by atoms with Crippen LogP contribution < -0.4 is 4.80 Å². The second kappa shape index (κ2) is 4.60. The highest BCUT2D eigenvalue weighted by Crippen LogP contribution is 2.22. The Balaban J connectivity index is 2.32. The molecular weight excluding hydrogens is 262 g/mol. The molecule has 0 spiro atoms. The Kier molecular flexibility index (Phi) is 3.16. The highest BCUT2D eigenvalue weighted by molar-refractivity contribution is 7.13. The molecule has 1 amide bonds. The van der Waals surface area contributed by atoms with Crippen molar-refractivity contribution in [2.45, 2.75) is 0 Å². The van der Waals surface area contributed by atoms with E-state index >= 15 is 0 Å². The van der Waals surface area contributed by atoms with Gasteiger partial charge in [0.05, 0.1) is 10.5 Å². The molecule has 0 saturated carbocycles. The molecule has 6 nitrogen and oxygen atoms in total. The largest absolute Gasteiger partial charge is 0.327 e. The number of aryl methyl sites for hydroxylation is 1. The third kappa shape index (κ3) is 2.48. The van der Waals surface area contributed by atoms with Gasteiger partial charge in [-0.1, -0.05) is 11.3 Å². The molecule has 0 radical (unpaired) electrons. The fraction of sp³-hybridized carbons (Fsp3) is 0.111. The molecule has 0 aliphatic rings. The average Bonchev–Trinajstić information content (AvgIpc) is 2.88. The van der Waals surface area contributed by atoms with Crippen molar-refractivity contribution in [1.82, 2.24) is 4.57 Å². The highest BCUT2D eigenvalue weighted by atomic mass is 32.1. The second-order valence-electron chi connectivity index (χ2n) is 3.14. The van der Waals surface area contributed by atoms with Gasteiger partial charge in [-0.2, -0.15) is 4.99 Å². The summed E-state index contributed by atoms with van der Waals surface area (Å²) in [5, 5.41) is 13.7. The van der Waals surface area contributed by atoms with E-state index in [-0.39, 0.29) is 10.6 Å². The van der Waals surface area contributed by atoms with E-state index in [1.807, 2.05) is 5.38 Å². The van der Waals surface area contributed by atoms with Gasteiger partial charge in [0.15, 0.2) is 4.80 Å². The van der Waals surface area contributed by atoms with Crippen molar-refractivity contribution in [3.8, 4) is 0 Å². The maximum Gasteiger partial charge on any atom is 0.324 e. The van der Waals surface area contributed by atoms with E-state index in [1.165, 1.54) is 22.8 Å². The molecule has 0 fully saturated rings. The third-order valence-electron chi connectivity index (χ3n) is 1.97. The molecule has 0 aromatic carbocycles. The first-order valence-corrected chi connectivity index (χ1v) is 6.26. The Labute approximate surface area is 104 Å². The smallest absolute Gasteiger partial charge is 0.324 e. The van der Waals surface area contributed by atoms with Gasteiger partial charge in [-0.05, 0) is 0 Å². The van der Waals surface area contributed by atoms with Crippen molar-refractivity contribution >= 4 is 33.6 Å². The zero-order valence-corrected chi connectivity index (χ0v) is 10.3. The zero-order chi connectivity index (χ0) is 12.4. The summed E-state index contributed by atoms with van der Waals surface area (Å²) in [4.78, 5) is 26.1. The lowest BCUT2D eigenvalue weighted by atomic mass is 10.3. The zero-order valence-electron chi connectivity index (χ0n) is 8.69. The van der Waals surface area contributed by atoms with Gasteiger partial charge < -0.3 is 4.57 Å². The van der Waals surface area contributed by atoms with Crippen LogP contribution in [-0.2, 0) is 7.05 Å². The minimum absolute atomic E-state index is 0.0564. The Hall–Kier alpha value is -1.80. The van der Waals surface area contributed by atoms with E-state index in [2.05, 4.69) is 4.99 Å². The van der Waals surface area contributed by atoms with Crippen molar-refractivity contribution in [2.75, 3.05) is 0 Å². The molecule has 2 rings (SSSR count). The van der Waals surface area contributed by atoms with E-state index in [0.717, 1.165) is 11.3 Å². The lowest BCUT2D eigenvalue weighted by Crippen LogP contribution is -2.12. The molecule has 0 saturated heterocycles. The standard InChI is InChI=1S/C9H7N3O3S2/c1-11-2-3-16-9(11)10-8(13)6-4-7(12(14)15)17-5-6/h2-5H,1H3. The number of nitro groups is 1. The number of aromatic nitrogens is 1. The molecule has 0 bridgehead atoms. The van der Waals surface area contributed by atoms with Crippen molar-refractivity contribution in [3.05, 3.63) is 43.5 Å². The van der Waals surface area contributed by atoms with Crippen molar-refractivity contribution in [1.29, 1.82) is 0 Å². The number of rotatable bonds is 2. The Morgan fingerprint density at radius 3 is 2.82 bits per heavy atom. The third-order valence-corrected chi connectivity index (χ3v) is 3.70. The number of hydrogen-bond donors (Lipinski definition) is 0. The number of hydrogen-bond acceptors (Lipinski definition) is 5. The summed E-state index contributed by atoms with van der Waals surface area (Å²) in [5.74, 6) is -0.465. The van der Waals surface area contributed by atoms with Crippen LogP contribution in [0.3, 0.4) is 0 Å². The summed E-state index contributed by atoms with van der Waals surface area (Å²) in [6.45, 7) is 0. The first-order valence-electron chi connectivity index (χ1n) is 4.50. The van der Waals surface area contributed by atoms with E-state index < -0.39 is 10.8 Å². The minimum atomic E-state index is -0.521. The summed E-state index contributed by atoms with van der Waals surface area (Å²) < 4.78 is 1.71. The molecule has 0 unspecified atom stereocenters. The van der Waals surface area contributed by atoms with E-state index in [1.54, 1.807) is 17.8 Å². The molecule has 0 atom stereocenters. The first kappa shape index (κ1) is 11.7. The maximum atomic E-state index is 11.7. The summed E-state index contributed by atoms with van der Waals surface area (Å²) >= 11 is 2.25. The summed E-state index contributed by atoms with van der Waals surface area (Å²) in [6.07, 6.45) is 1.78. The van der Waals surface area contributed by atoms with Crippen LogP contribution in [0.25, 0.3) is 0 Å². The highest BCUT2D eigenvalue weighted by Gasteiger charge is 2.14. The predicted octanol–water partition coefficient (Wildman–Crippen LogP) is 1.80. The van der Waals surface area contributed by atoms with E-state index in [0.29, 0.717) is 4.80 Å². The van der Waals surface area contributed by atoms with E-state index in [4.69, 9.17) is 0 Å². The molecule has 2 aromatic heterocycles. The van der Waals surface area contributed by atoms with Gasteiger partial charge in [0.1, 0.15) is 0 Å². The van der Waals surface area contributed by atoms with Crippen LogP contribution in [0.2, 0.25) is 0 Å². The maximum absolute atomic E-state index is 11.7. The van der Waals surface area contributed by atoms with Crippen LogP contribution in [0.4, 0.5) is 5.00 Å². The molecule has 2 heterocycles. The van der Waals surface area contributed by atoms with Crippen molar-refractivity contribution < 1.29 is 9.72 Å². The van der Waals surface area contributed by atoms with Crippen LogP contribution in [0.1, 0.15) is 10.4 Å². The van der Waals surface area contributed by atoms with Gasteiger partial charge >= 0.3 is 5.00 Å². The Morgan fingerprint density at radius 1 is 1.53 bits per heavy atom. The van der Waals surface area contributed by atoms with Crippen LogP contribution in [0.5, 0.6) is 0 Å². The number of thiazole rings is 1. The van der Waals surface area contributed by atoms with Gasteiger partial charge in [0.2, 0.25) is 0 Å². The number of carbonyl (C=O) groups excluding carboxylic acids is 1. The van der Waals surface area contributed by atoms with Crippen LogP contribution >= 0.6 is 22.7 Å². The van der Waals surface area contributed by atoms with Gasteiger partial charge in [-0.3, -0.25) is 14.9 Å². The molecule has 0 aliphatic carbocycles. The lowest BCUT2D eigenvalue weighted by molar-refractivity contribution is -0.380. The van der Waals surface area contributed by atoms with Gasteiger partial charge in [-0.15, -0.1) is 11.3 Å². The molecular formula is C9H7N3O3S2.